The molecule has 3 rings (SSSR count). The normalized spacial score (nSPS) is 15.0. The topological polar surface area (TPSA) is 41.4 Å². The molecule has 0 saturated carbocycles. The summed E-state index contributed by atoms with van der Waals surface area (Å²) < 4.78 is 1.91. The Labute approximate surface area is 147 Å². The highest BCUT2D eigenvalue weighted by atomic mass is 35.5. The molecule has 0 radical (unpaired) electrons. The van der Waals surface area contributed by atoms with Crippen molar-refractivity contribution in [3.8, 4) is 0 Å². The van der Waals surface area contributed by atoms with Crippen molar-refractivity contribution < 1.29 is 4.79 Å². The zero-order chi connectivity index (χ0) is 17.1. The maximum Gasteiger partial charge on any atom is 0.224 e. The van der Waals surface area contributed by atoms with Crippen molar-refractivity contribution in [2.75, 3.05) is 31.1 Å². The number of nitrogens with zero attached hydrogens (tertiary/aromatic N) is 4. The van der Waals surface area contributed by atoms with E-state index in [2.05, 4.69) is 16.1 Å². The number of carbonyl (C=O) groups is 1. The minimum absolute atomic E-state index is 0.202. The first-order valence-electron chi connectivity index (χ1n) is 8.32. The molecule has 2 heterocycles. The average Bonchev–Trinajstić information content (AvgIpc) is 2.90. The van der Waals surface area contributed by atoms with Gasteiger partial charge in [0.15, 0.2) is 0 Å². The molecule has 1 aliphatic rings. The molecule has 5 nitrogen and oxygen atoms in total. The van der Waals surface area contributed by atoms with E-state index >= 15 is 0 Å². The molecule has 1 aliphatic heterocycles. The summed E-state index contributed by atoms with van der Waals surface area (Å²) in [7, 11) is 0. The van der Waals surface area contributed by atoms with Gasteiger partial charge in [-0.15, -0.1) is 0 Å². The van der Waals surface area contributed by atoms with Crippen LogP contribution < -0.4 is 4.90 Å². The molecule has 1 aromatic carbocycles. The van der Waals surface area contributed by atoms with Gasteiger partial charge in [-0.2, -0.15) is 5.10 Å². The number of aryl methyl sites for hydroxylation is 3. The summed E-state index contributed by atoms with van der Waals surface area (Å²) in [6.07, 6.45) is 0.499. The number of halogens is 1. The van der Waals surface area contributed by atoms with Crippen LogP contribution in [0.4, 0.5) is 5.69 Å². The first-order chi connectivity index (χ1) is 11.5. The summed E-state index contributed by atoms with van der Waals surface area (Å²) in [6.45, 7) is 7.82. The van der Waals surface area contributed by atoms with E-state index in [4.69, 9.17) is 11.6 Å². The predicted octanol–water partition coefficient (Wildman–Crippen LogP) is 2.89. The van der Waals surface area contributed by atoms with Crippen molar-refractivity contribution >= 4 is 23.2 Å². The smallest absolute Gasteiger partial charge is 0.224 e. The second-order valence-electron chi connectivity index (χ2n) is 6.25. The van der Waals surface area contributed by atoms with Crippen LogP contribution in [-0.4, -0.2) is 46.8 Å². The van der Waals surface area contributed by atoms with Gasteiger partial charge in [0.05, 0.1) is 5.69 Å². The highest BCUT2D eigenvalue weighted by molar-refractivity contribution is 6.30. The SMILES string of the molecule is Cc1cc(C)n(CCC(=O)N2CCN(c3cccc(Cl)c3)CC2)n1. The number of aromatic nitrogens is 2. The number of amides is 1. The second-order valence-corrected chi connectivity index (χ2v) is 6.68. The van der Waals surface area contributed by atoms with Crippen LogP contribution in [0, 0.1) is 13.8 Å². The molecule has 0 spiro atoms. The molecule has 0 N–H and O–H groups in total. The molecule has 24 heavy (non-hydrogen) atoms. The van der Waals surface area contributed by atoms with Crippen molar-refractivity contribution in [2.45, 2.75) is 26.8 Å². The Bertz CT molecular complexity index is 720. The van der Waals surface area contributed by atoms with Crippen LogP contribution in [0.15, 0.2) is 30.3 Å². The third kappa shape index (κ3) is 3.90. The predicted molar refractivity (Wildman–Crippen MR) is 96.6 cm³/mol. The monoisotopic (exact) mass is 346 g/mol. The van der Waals surface area contributed by atoms with Crippen molar-refractivity contribution in [3.05, 3.63) is 46.7 Å². The zero-order valence-electron chi connectivity index (χ0n) is 14.2. The highest BCUT2D eigenvalue weighted by Gasteiger charge is 2.21. The maximum atomic E-state index is 12.4. The molecule has 1 amide bonds. The van der Waals surface area contributed by atoms with Gasteiger partial charge in [0.2, 0.25) is 5.91 Å². The number of anilines is 1. The Morgan fingerprint density at radius 3 is 2.54 bits per heavy atom. The van der Waals surface area contributed by atoms with Gasteiger partial charge in [0.25, 0.3) is 0 Å². The third-order valence-corrected chi connectivity index (χ3v) is 4.68. The standard InChI is InChI=1S/C18H23ClN4O/c1-14-12-15(2)23(20-14)7-6-18(24)22-10-8-21(9-11-22)17-5-3-4-16(19)13-17/h3-5,12-13H,6-11H2,1-2H3. The lowest BCUT2D eigenvalue weighted by Crippen LogP contribution is -2.49. The number of piperazine rings is 1. The van der Waals surface area contributed by atoms with Gasteiger partial charge in [-0.1, -0.05) is 17.7 Å². The number of carbonyl (C=O) groups excluding carboxylic acids is 1. The zero-order valence-corrected chi connectivity index (χ0v) is 15.0. The van der Waals surface area contributed by atoms with Gasteiger partial charge in [0.1, 0.15) is 0 Å². The average molecular weight is 347 g/mol. The van der Waals surface area contributed by atoms with E-state index in [1.54, 1.807) is 0 Å². The van der Waals surface area contributed by atoms with Crippen molar-refractivity contribution in [2.24, 2.45) is 0 Å². The lowest BCUT2D eigenvalue weighted by Gasteiger charge is -2.36. The van der Waals surface area contributed by atoms with Crippen molar-refractivity contribution in [3.63, 3.8) is 0 Å². The van der Waals surface area contributed by atoms with Gasteiger partial charge in [-0.3, -0.25) is 9.48 Å². The highest BCUT2D eigenvalue weighted by Crippen LogP contribution is 2.21. The van der Waals surface area contributed by atoms with Crippen LogP contribution in [0.1, 0.15) is 17.8 Å². The van der Waals surface area contributed by atoms with Gasteiger partial charge >= 0.3 is 0 Å². The largest absolute Gasteiger partial charge is 0.368 e. The summed E-state index contributed by atoms with van der Waals surface area (Å²) in [5.74, 6) is 0.202. The summed E-state index contributed by atoms with van der Waals surface area (Å²) in [4.78, 5) is 16.7. The molecule has 0 atom stereocenters. The number of hydrogen-bond acceptors (Lipinski definition) is 3. The van der Waals surface area contributed by atoms with Crippen LogP contribution in [0.3, 0.4) is 0 Å². The molecule has 2 aromatic rings. The van der Waals surface area contributed by atoms with Crippen molar-refractivity contribution in [1.29, 1.82) is 0 Å². The molecule has 1 saturated heterocycles. The van der Waals surface area contributed by atoms with E-state index in [0.29, 0.717) is 13.0 Å². The van der Waals surface area contributed by atoms with Crippen LogP contribution in [0.2, 0.25) is 5.02 Å². The molecule has 0 aliphatic carbocycles. The first-order valence-corrected chi connectivity index (χ1v) is 8.70. The summed E-state index contributed by atoms with van der Waals surface area (Å²) in [5.41, 5.74) is 3.22. The fraction of sp³-hybridized carbons (Fsp3) is 0.444. The molecule has 6 heteroatoms. The summed E-state index contributed by atoms with van der Waals surface area (Å²) >= 11 is 6.06. The third-order valence-electron chi connectivity index (χ3n) is 4.45. The molecule has 1 fully saturated rings. The molecular weight excluding hydrogens is 324 g/mol. The van der Waals surface area contributed by atoms with E-state index in [1.165, 1.54) is 0 Å². The van der Waals surface area contributed by atoms with E-state index in [1.807, 2.05) is 47.7 Å². The van der Waals surface area contributed by atoms with Crippen LogP contribution in [0.5, 0.6) is 0 Å². The minimum Gasteiger partial charge on any atom is -0.368 e. The van der Waals surface area contributed by atoms with E-state index in [9.17, 15) is 4.79 Å². The van der Waals surface area contributed by atoms with E-state index in [-0.39, 0.29) is 5.91 Å². The van der Waals surface area contributed by atoms with Gasteiger partial charge in [-0.25, -0.2) is 0 Å². The lowest BCUT2D eigenvalue weighted by atomic mass is 10.2. The van der Waals surface area contributed by atoms with Gasteiger partial charge in [0, 0.05) is 55.5 Å². The summed E-state index contributed by atoms with van der Waals surface area (Å²) in [5, 5.41) is 5.16. The summed E-state index contributed by atoms with van der Waals surface area (Å²) in [6, 6.07) is 9.91. The Hall–Kier alpha value is -2.01. The van der Waals surface area contributed by atoms with E-state index in [0.717, 1.165) is 48.3 Å². The lowest BCUT2D eigenvalue weighted by molar-refractivity contribution is -0.131. The number of rotatable bonds is 4. The molecule has 1 aromatic heterocycles. The van der Waals surface area contributed by atoms with Crippen LogP contribution in [-0.2, 0) is 11.3 Å². The quantitative estimate of drug-likeness (QED) is 0.854. The van der Waals surface area contributed by atoms with Crippen LogP contribution in [0.25, 0.3) is 0 Å². The molecule has 0 unspecified atom stereocenters. The Balaban J connectivity index is 1.51. The Morgan fingerprint density at radius 1 is 1.17 bits per heavy atom. The van der Waals surface area contributed by atoms with Crippen LogP contribution >= 0.6 is 11.6 Å². The number of hydrogen-bond donors (Lipinski definition) is 0. The number of benzene rings is 1. The Morgan fingerprint density at radius 2 is 1.92 bits per heavy atom. The minimum atomic E-state index is 0.202. The second kappa shape index (κ2) is 7.26. The van der Waals surface area contributed by atoms with Gasteiger partial charge in [-0.05, 0) is 38.1 Å². The van der Waals surface area contributed by atoms with E-state index < -0.39 is 0 Å². The Kier molecular flexibility index (Phi) is 5.09. The molecule has 0 bridgehead atoms. The van der Waals surface area contributed by atoms with Crippen molar-refractivity contribution in [1.82, 2.24) is 14.7 Å². The molecular formula is C18H23ClN4O. The molecule has 128 valence electrons. The first kappa shape index (κ1) is 16.8. The van der Waals surface area contributed by atoms with Gasteiger partial charge < -0.3 is 9.80 Å². The fourth-order valence-corrected chi connectivity index (χ4v) is 3.33. The fourth-order valence-electron chi connectivity index (χ4n) is 3.15. The maximum absolute atomic E-state index is 12.4.